The normalized spacial score (nSPS) is 12.5. The van der Waals surface area contributed by atoms with E-state index in [1.54, 1.807) is 17.4 Å². The molecule has 0 aromatic carbocycles. The maximum Gasteiger partial charge on any atom is 0.135 e. The minimum atomic E-state index is -0.805. The Bertz CT molecular complexity index is 598. The zero-order valence-corrected chi connectivity index (χ0v) is 16.1. The highest BCUT2D eigenvalue weighted by Crippen LogP contribution is 2.46. The number of hydrogen-bond donors (Lipinski definition) is 2. The summed E-state index contributed by atoms with van der Waals surface area (Å²) >= 11 is 3.14. The van der Waals surface area contributed by atoms with Gasteiger partial charge in [-0.05, 0) is 60.4 Å². The number of aromatic hydroxyl groups is 1. The van der Waals surface area contributed by atoms with Gasteiger partial charge in [-0.15, -0.1) is 22.7 Å². The van der Waals surface area contributed by atoms with Crippen LogP contribution in [0, 0.1) is 11.8 Å². The average Bonchev–Trinajstić information content (AvgIpc) is 3.11. The molecule has 2 aromatic heterocycles. The molecule has 0 unspecified atom stereocenters. The Kier molecular flexibility index (Phi) is 6.29. The third-order valence-electron chi connectivity index (χ3n) is 4.29. The van der Waals surface area contributed by atoms with Gasteiger partial charge in [-0.25, -0.2) is 0 Å². The van der Waals surface area contributed by atoms with Crippen molar-refractivity contribution in [3.63, 3.8) is 0 Å². The van der Waals surface area contributed by atoms with Crippen molar-refractivity contribution in [2.75, 3.05) is 0 Å². The van der Waals surface area contributed by atoms with Crippen molar-refractivity contribution in [2.24, 2.45) is 11.8 Å². The summed E-state index contributed by atoms with van der Waals surface area (Å²) in [5.74, 6) is 1.45. The van der Waals surface area contributed by atoms with E-state index in [0.29, 0.717) is 17.6 Å². The van der Waals surface area contributed by atoms with Crippen LogP contribution in [0.2, 0.25) is 0 Å². The molecule has 2 heterocycles. The predicted molar refractivity (Wildman–Crippen MR) is 101 cm³/mol. The lowest BCUT2D eigenvalue weighted by Crippen LogP contribution is -2.27. The van der Waals surface area contributed by atoms with Crippen LogP contribution < -0.4 is 0 Å². The zero-order chi connectivity index (χ0) is 17.0. The summed E-state index contributed by atoms with van der Waals surface area (Å²) in [7, 11) is 0. The first-order valence-corrected chi connectivity index (χ1v) is 10.2. The van der Waals surface area contributed by atoms with Gasteiger partial charge in [0, 0.05) is 5.56 Å². The molecule has 0 fully saturated rings. The van der Waals surface area contributed by atoms with Gasteiger partial charge in [0.2, 0.25) is 0 Å². The zero-order valence-electron chi connectivity index (χ0n) is 14.5. The van der Waals surface area contributed by atoms with Crippen LogP contribution in [0.4, 0.5) is 0 Å². The Balaban J connectivity index is 2.35. The second-order valence-corrected chi connectivity index (χ2v) is 9.03. The van der Waals surface area contributed by atoms with E-state index in [2.05, 4.69) is 27.7 Å². The lowest BCUT2D eigenvalue weighted by Gasteiger charge is -2.30. The molecular formula is C19H28O2S2. The van der Waals surface area contributed by atoms with E-state index in [1.807, 2.05) is 16.8 Å². The van der Waals surface area contributed by atoms with Gasteiger partial charge in [0.15, 0.2) is 0 Å². The van der Waals surface area contributed by atoms with Crippen molar-refractivity contribution in [1.29, 1.82) is 0 Å². The van der Waals surface area contributed by atoms with E-state index in [0.717, 1.165) is 41.0 Å². The van der Waals surface area contributed by atoms with Crippen LogP contribution >= 0.6 is 22.7 Å². The molecule has 4 heteroatoms. The Morgan fingerprint density at radius 2 is 1.43 bits per heavy atom. The van der Waals surface area contributed by atoms with Crippen molar-refractivity contribution in [1.82, 2.24) is 0 Å². The van der Waals surface area contributed by atoms with E-state index in [9.17, 15) is 10.2 Å². The van der Waals surface area contributed by atoms with E-state index < -0.39 is 5.60 Å². The van der Waals surface area contributed by atoms with E-state index in [-0.39, 0.29) is 0 Å². The summed E-state index contributed by atoms with van der Waals surface area (Å²) in [5.41, 5.74) is 0.182. The molecule has 0 aliphatic rings. The number of thiophene rings is 2. The van der Waals surface area contributed by atoms with Crippen LogP contribution in [0.3, 0.4) is 0 Å². The standard InChI is InChI=1S/C19H28O2S2/c1-13(2)5-9-19(21,10-6-14(3)4)15-7-11-22-17(15)18-16(20)8-12-23-18/h7-8,11-14,20-21H,5-6,9-10H2,1-4H3. The molecule has 0 radical (unpaired) electrons. The second kappa shape index (κ2) is 7.82. The van der Waals surface area contributed by atoms with Crippen LogP contribution in [0.1, 0.15) is 58.9 Å². The Labute approximate surface area is 147 Å². The molecule has 0 atom stereocenters. The minimum Gasteiger partial charge on any atom is -0.506 e. The summed E-state index contributed by atoms with van der Waals surface area (Å²) in [6, 6.07) is 3.77. The molecule has 128 valence electrons. The molecule has 2 aromatic rings. The quantitative estimate of drug-likeness (QED) is 0.590. The van der Waals surface area contributed by atoms with Gasteiger partial charge < -0.3 is 10.2 Å². The van der Waals surface area contributed by atoms with E-state index in [4.69, 9.17) is 0 Å². The predicted octanol–water partition coefficient (Wildman–Crippen LogP) is 6.24. The number of rotatable bonds is 8. The van der Waals surface area contributed by atoms with E-state index in [1.165, 1.54) is 11.3 Å². The van der Waals surface area contributed by atoms with Gasteiger partial charge >= 0.3 is 0 Å². The van der Waals surface area contributed by atoms with Crippen LogP contribution in [-0.2, 0) is 5.60 Å². The molecule has 0 spiro atoms. The first kappa shape index (κ1) is 18.5. The molecule has 2 rings (SSSR count). The molecule has 0 saturated carbocycles. The van der Waals surface area contributed by atoms with Crippen LogP contribution in [0.15, 0.2) is 22.9 Å². The van der Waals surface area contributed by atoms with Gasteiger partial charge in [-0.2, -0.15) is 0 Å². The summed E-state index contributed by atoms with van der Waals surface area (Å²) in [6.45, 7) is 8.79. The van der Waals surface area contributed by atoms with Gasteiger partial charge in [-0.3, -0.25) is 0 Å². The molecular weight excluding hydrogens is 324 g/mol. The summed E-state index contributed by atoms with van der Waals surface area (Å²) < 4.78 is 0. The summed E-state index contributed by atoms with van der Waals surface area (Å²) in [5, 5.41) is 25.5. The summed E-state index contributed by atoms with van der Waals surface area (Å²) in [6.07, 6.45) is 3.54. The van der Waals surface area contributed by atoms with Crippen molar-refractivity contribution in [2.45, 2.75) is 59.0 Å². The molecule has 0 aliphatic heterocycles. The minimum absolute atomic E-state index is 0.314. The number of aliphatic hydroxyl groups is 1. The fraction of sp³-hybridized carbons (Fsp3) is 0.579. The molecule has 0 amide bonds. The maximum atomic E-state index is 11.5. The van der Waals surface area contributed by atoms with Crippen LogP contribution in [-0.4, -0.2) is 10.2 Å². The second-order valence-electron chi connectivity index (χ2n) is 7.19. The molecule has 2 nitrogen and oxygen atoms in total. The largest absolute Gasteiger partial charge is 0.506 e. The number of hydrogen-bond acceptors (Lipinski definition) is 4. The van der Waals surface area contributed by atoms with Gasteiger partial charge in [-0.1, -0.05) is 27.7 Å². The fourth-order valence-corrected chi connectivity index (χ4v) is 4.74. The van der Waals surface area contributed by atoms with Crippen molar-refractivity contribution < 1.29 is 10.2 Å². The highest BCUT2D eigenvalue weighted by atomic mass is 32.1. The van der Waals surface area contributed by atoms with Gasteiger partial charge in [0.05, 0.1) is 15.4 Å². The van der Waals surface area contributed by atoms with Crippen molar-refractivity contribution >= 4 is 22.7 Å². The maximum absolute atomic E-state index is 11.5. The molecule has 0 saturated heterocycles. The molecule has 0 bridgehead atoms. The average molecular weight is 353 g/mol. The fourth-order valence-electron chi connectivity index (χ4n) is 2.77. The third kappa shape index (κ3) is 4.59. The van der Waals surface area contributed by atoms with Crippen LogP contribution in [0.5, 0.6) is 5.75 Å². The SMILES string of the molecule is CC(C)CCC(O)(CCC(C)C)c1ccsc1-c1sccc1O. The molecule has 2 N–H and O–H groups in total. The van der Waals surface area contributed by atoms with Crippen LogP contribution in [0.25, 0.3) is 9.75 Å². The summed E-state index contributed by atoms with van der Waals surface area (Å²) in [4.78, 5) is 1.90. The van der Waals surface area contributed by atoms with Crippen molar-refractivity contribution in [3.05, 3.63) is 28.5 Å². The van der Waals surface area contributed by atoms with Crippen molar-refractivity contribution in [3.8, 4) is 15.5 Å². The Morgan fingerprint density at radius 1 is 0.913 bits per heavy atom. The lowest BCUT2D eigenvalue weighted by molar-refractivity contribution is 0.00934. The van der Waals surface area contributed by atoms with E-state index >= 15 is 0 Å². The highest BCUT2D eigenvalue weighted by molar-refractivity contribution is 7.20. The third-order valence-corrected chi connectivity index (χ3v) is 6.27. The first-order chi connectivity index (χ1) is 10.8. The Morgan fingerprint density at radius 3 is 1.91 bits per heavy atom. The monoisotopic (exact) mass is 352 g/mol. The smallest absolute Gasteiger partial charge is 0.135 e. The van der Waals surface area contributed by atoms with Gasteiger partial charge in [0.25, 0.3) is 0 Å². The molecule has 23 heavy (non-hydrogen) atoms. The van der Waals surface area contributed by atoms with Gasteiger partial charge in [0.1, 0.15) is 5.75 Å². The first-order valence-electron chi connectivity index (χ1n) is 8.40. The molecule has 0 aliphatic carbocycles. The topological polar surface area (TPSA) is 40.5 Å². The lowest BCUT2D eigenvalue weighted by atomic mass is 9.81. The Hall–Kier alpha value is -0.840. The highest BCUT2D eigenvalue weighted by Gasteiger charge is 2.33.